The van der Waals surface area contributed by atoms with Gasteiger partial charge in [0.2, 0.25) is 0 Å². The molecule has 1 aromatic carbocycles. The van der Waals surface area contributed by atoms with Gasteiger partial charge in [-0.05, 0) is 60.3 Å². The molecule has 0 aromatic heterocycles. The van der Waals surface area contributed by atoms with Crippen molar-refractivity contribution in [2.75, 3.05) is 33.8 Å². The summed E-state index contributed by atoms with van der Waals surface area (Å²) in [6.07, 6.45) is 1.43. The lowest BCUT2D eigenvalue weighted by Crippen LogP contribution is -2.28. The zero-order chi connectivity index (χ0) is 15.8. The van der Waals surface area contributed by atoms with Crippen LogP contribution in [0.1, 0.15) is 43.0 Å². The maximum atomic E-state index is 5.60. The number of benzene rings is 1. The second-order valence-corrected chi connectivity index (χ2v) is 6.27. The van der Waals surface area contributed by atoms with E-state index in [2.05, 4.69) is 63.2 Å². The fourth-order valence-corrected chi connectivity index (χ4v) is 2.59. The van der Waals surface area contributed by atoms with E-state index in [4.69, 9.17) is 4.74 Å². The molecular formula is C18H32N2O. The van der Waals surface area contributed by atoms with Crippen molar-refractivity contribution in [2.24, 2.45) is 0 Å². The smallest absolute Gasteiger partial charge is 0.0596 e. The Kier molecular flexibility index (Phi) is 7.94. The van der Waals surface area contributed by atoms with Gasteiger partial charge in [-0.2, -0.15) is 0 Å². The van der Waals surface area contributed by atoms with E-state index in [0.717, 1.165) is 26.1 Å². The summed E-state index contributed by atoms with van der Waals surface area (Å²) in [6, 6.07) is 7.22. The predicted molar refractivity (Wildman–Crippen MR) is 90.9 cm³/mol. The first kappa shape index (κ1) is 18.1. The van der Waals surface area contributed by atoms with Crippen LogP contribution in [-0.2, 0) is 4.74 Å². The summed E-state index contributed by atoms with van der Waals surface area (Å²) >= 11 is 0. The summed E-state index contributed by atoms with van der Waals surface area (Å²) in [7, 11) is 4.21. The second kappa shape index (κ2) is 9.19. The first-order valence-corrected chi connectivity index (χ1v) is 7.98. The molecule has 0 heterocycles. The van der Waals surface area contributed by atoms with E-state index in [1.807, 2.05) is 7.05 Å². The number of hydrogen-bond donors (Lipinski definition) is 1. The molecule has 1 atom stereocenters. The SMILES string of the molecule is CNC(CCN(C)CCOC(C)C)c1cc(C)cc(C)c1. The van der Waals surface area contributed by atoms with Gasteiger partial charge in [0.25, 0.3) is 0 Å². The van der Waals surface area contributed by atoms with Crippen LogP contribution in [-0.4, -0.2) is 44.8 Å². The number of hydrogen-bond acceptors (Lipinski definition) is 3. The van der Waals surface area contributed by atoms with Crippen molar-refractivity contribution < 1.29 is 4.74 Å². The largest absolute Gasteiger partial charge is 0.377 e. The van der Waals surface area contributed by atoms with Crippen molar-refractivity contribution in [3.63, 3.8) is 0 Å². The summed E-state index contributed by atoms with van der Waals surface area (Å²) in [6.45, 7) is 11.4. The van der Waals surface area contributed by atoms with Crippen LogP contribution in [0.4, 0.5) is 0 Å². The van der Waals surface area contributed by atoms with Crippen LogP contribution in [0.3, 0.4) is 0 Å². The van der Waals surface area contributed by atoms with Crippen LogP contribution in [0.25, 0.3) is 0 Å². The highest BCUT2D eigenvalue weighted by molar-refractivity contribution is 5.30. The maximum Gasteiger partial charge on any atom is 0.0596 e. The van der Waals surface area contributed by atoms with Gasteiger partial charge in [0.15, 0.2) is 0 Å². The minimum Gasteiger partial charge on any atom is -0.377 e. The van der Waals surface area contributed by atoms with E-state index in [1.54, 1.807) is 0 Å². The minimum absolute atomic E-state index is 0.318. The molecule has 0 amide bonds. The monoisotopic (exact) mass is 292 g/mol. The van der Waals surface area contributed by atoms with Gasteiger partial charge in [0.05, 0.1) is 12.7 Å². The Hall–Kier alpha value is -0.900. The zero-order valence-corrected chi connectivity index (χ0v) is 14.6. The number of nitrogens with one attached hydrogen (secondary N) is 1. The van der Waals surface area contributed by atoms with Crippen molar-refractivity contribution >= 4 is 0 Å². The molecule has 0 fully saturated rings. The Morgan fingerprint density at radius 2 is 1.71 bits per heavy atom. The molecule has 3 nitrogen and oxygen atoms in total. The van der Waals surface area contributed by atoms with Crippen molar-refractivity contribution in [3.05, 3.63) is 34.9 Å². The van der Waals surface area contributed by atoms with Crippen LogP contribution in [0, 0.1) is 13.8 Å². The molecule has 0 aliphatic heterocycles. The van der Waals surface area contributed by atoms with Crippen LogP contribution >= 0.6 is 0 Å². The topological polar surface area (TPSA) is 24.5 Å². The number of nitrogens with zero attached hydrogens (tertiary/aromatic N) is 1. The number of aryl methyl sites for hydroxylation is 2. The molecule has 3 heteroatoms. The van der Waals surface area contributed by atoms with Gasteiger partial charge in [-0.1, -0.05) is 29.3 Å². The Morgan fingerprint density at radius 3 is 2.24 bits per heavy atom. The first-order valence-electron chi connectivity index (χ1n) is 7.98. The molecule has 0 saturated carbocycles. The third-order valence-corrected chi connectivity index (χ3v) is 3.72. The zero-order valence-electron chi connectivity index (χ0n) is 14.6. The van der Waals surface area contributed by atoms with E-state index in [-0.39, 0.29) is 0 Å². The lowest BCUT2D eigenvalue weighted by molar-refractivity contribution is 0.0633. The molecule has 1 rings (SSSR count). The molecule has 0 bridgehead atoms. The molecule has 0 radical (unpaired) electrons. The molecule has 120 valence electrons. The summed E-state index contributed by atoms with van der Waals surface area (Å²) in [5.41, 5.74) is 4.06. The van der Waals surface area contributed by atoms with Crippen LogP contribution in [0.2, 0.25) is 0 Å². The van der Waals surface area contributed by atoms with Crippen LogP contribution in [0.15, 0.2) is 18.2 Å². The lowest BCUT2D eigenvalue weighted by Gasteiger charge is -2.22. The molecular weight excluding hydrogens is 260 g/mol. The Morgan fingerprint density at radius 1 is 1.10 bits per heavy atom. The number of rotatable bonds is 9. The van der Waals surface area contributed by atoms with Gasteiger partial charge in [-0.25, -0.2) is 0 Å². The van der Waals surface area contributed by atoms with Gasteiger partial charge in [0, 0.05) is 12.6 Å². The average molecular weight is 292 g/mol. The van der Waals surface area contributed by atoms with Gasteiger partial charge in [0.1, 0.15) is 0 Å². The van der Waals surface area contributed by atoms with Gasteiger partial charge in [-0.15, -0.1) is 0 Å². The first-order chi connectivity index (χ1) is 9.92. The highest BCUT2D eigenvalue weighted by Crippen LogP contribution is 2.19. The average Bonchev–Trinajstić information content (AvgIpc) is 2.37. The van der Waals surface area contributed by atoms with Gasteiger partial charge >= 0.3 is 0 Å². The van der Waals surface area contributed by atoms with Gasteiger partial charge in [-0.3, -0.25) is 0 Å². The van der Waals surface area contributed by atoms with E-state index in [0.29, 0.717) is 12.1 Å². The Balaban J connectivity index is 2.47. The molecule has 1 N–H and O–H groups in total. The van der Waals surface area contributed by atoms with Crippen molar-refractivity contribution in [2.45, 2.75) is 46.3 Å². The van der Waals surface area contributed by atoms with Crippen molar-refractivity contribution in [3.8, 4) is 0 Å². The maximum absolute atomic E-state index is 5.60. The van der Waals surface area contributed by atoms with Crippen LogP contribution < -0.4 is 5.32 Å². The Bertz CT molecular complexity index is 397. The van der Waals surface area contributed by atoms with Crippen LogP contribution in [0.5, 0.6) is 0 Å². The lowest BCUT2D eigenvalue weighted by atomic mass is 9.99. The summed E-state index contributed by atoms with van der Waals surface area (Å²) < 4.78 is 5.60. The number of likely N-dealkylation sites (N-methyl/N-ethyl adjacent to an activating group) is 1. The van der Waals surface area contributed by atoms with Crippen molar-refractivity contribution in [1.82, 2.24) is 10.2 Å². The highest BCUT2D eigenvalue weighted by atomic mass is 16.5. The third kappa shape index (κ3) is 7.07. The molecule has 1 unspecified atom stereocenters. The Labute approximate surface area is 130 Å². The summed E-state index contributed by atoms with van der Waals surface area (Å²) in [4.78, 5) is 2.34. The molecule has 21 heavy (non-hydrogen) atoms. The molecule has 1 aromatic rings. The fraction of sp³-hybridized carbons (Fsp3) is 0.667. The molecule has 0 aliphatic carbocycles. The molecule has 0 aliphatic rings. The number of ether oxygens (including phenoxy) is 1. The van der Waals surface area contributed by atoms with E-state index >= 15 is 0 Å². The highest BCUT2D eigenvalue weighted by Gasteiger charge is 2.11. The molecule has 0 spiro atoms. The molecule has 0 saturated heterocycles. The van der Waals surface area contributed by atoms with E-state index in [9.17, 15) is 0 Å². The minimum atomic E-state index is 0.318. The summed E-state index contributed by atoms with van der Waals surface area (Å²) in [5, 5.41) is 3.44. The van der Waals surface area contributed by atoms with Gasteiger partial charge < -0.3 is 15.0 Å². The fourth-order valence-electron chi connectivity index (χ4n) is 2.59. The summed E-state index contributed by atoms with van der Waals surface area (Å²) in [5.74, 6) is 0. The standard InChI is InChI=1S/C18H32N2O/c1-14(2)21-10-9-20(6)8-7-18(19-5)17-12-15(3)11-16(4)13-17/h11-14,18-19H,7-10H2,1-6H3. The van der Waals surface area contributed by atoms with E-state index < -0.39 is 0 Å². The van der Waals surface area contributed by atoms with E-state index in [1.165, 1.54) is 16.7 Å². The second-order valence-electron chi connectivity index (χ2n) is 6.27. The third-order valence-electron chi connectivity index (χ3n) is 3.72. The normalized spacial score (nSPS) is 13.1. The predicted octanol–water partition coefficient (Wildman–Crippen LogP) is 3.31. The quantitative estimate of drug-likeness (QED) is 0.756. The van der Waals surface area contributed by atoms with Crippen molar-refractivity contribution in [1.29, 1.82) is 0 Å².